The summed E-state index contributed by atoms with van der Waals surface area (Å²) in [6.45, 7) is 2.43. The third-order valence-electron chi connectivity index (χ3n) is 3.36. The van der Waals surface area contributed by atoms with Crippen molar-refractivity contribution < 1.29 is 14.3 Å². The Morgan fingerprint density at radius 3 is 2.52 bits per heavy atom. The van der Waals surface area contributed by atoms with Crippen molar-refractivity contribution >= 4 is 39.5 Å². The zero-order valence-corrected chi connectivity index (χ0v) is 15.6. The van der Waals surface area contributed by atoms with Crippen LogP contribution in [0.15, 0.2) is 53.0 Å². The lowest BCUT2D eigenvalue weighted by Gasteiger charge is -2.06. The van der Waals surface area contributed by atoms with Crippen LogP contribution in [0, 0.1) is 0 Å². The van der Waals surface area contributed by atoms with Gasteiger partial charge < -0.3 is 15.4 Å². The van der Waals surface area contributed by atoms with Gasteiger partial charge in [0.1, 0.15) is 5.75 Å². The SMILES string of the molecule is CCNC(=O)c1ccc(NC(=O)/C=C/c2cc(Br)ccc2OC)cc1. The van der Waals surface area contributed by atoms with Gasteiger partial charge in [-0.3, -0.25) is 9.59 Å². The maximum atomic E-state index is 12.1. The van der Waals surface area contributed by atoms with Crippen LogP contribution in [-0.4, -0.2) is 25.5 Å². The highest BCUT2D eigenvalue weighted by molar-refractivity contribution is 9.10. The molecule has 0 saturated carbocycles. The first-order valence-corrected chi connectivity index (χ1v) is 8.53. The number of nitrogens with one attached hydrogen (secondary N) is 2. The van der Waals surface area contributed by atoms with Gasteiger partial charge in [0.05, 0.1) is 7.11 Å². The van der Waals surface area contributed by atoms with Crippen molar-refractivity contribution in [1.82, 2.24) is 5.32 Å². The lowest BCUT2D eigenvalue weighted by atomic mass is 10.1. The molecule has 0 spiro atoms. The van der Waals surface area contributed by atoms with E-state index in [1.165, 1.54) is 6.08 Å². The Kier molecular flexibility index (Phi) is 6.77. The zero-order valence-electron chi connectivity index (χ0n) is 14.0. The molecule has 0 bridgehead atoms. The third-order valence-corrected chi connectivity index (χ3v) is 3.85. The first-order chi connectivity index (χ1) is 12.0. The molecule has 0 radical (unpaired) electrons. The second-order valence-electron chi connectivity index (χ2n) is 5.15. The standard InChI is InChI=1S/C19H19BrN2O3/c1-3-21-19(24)13-4-8-16(9-5-13)22-18(23)11-6-14-12-15(20)7-10-17(14)25-2/h4-12H,3H2,1-2H3,(H,21,24)(H,22,23)/b11-6+. The summed E-state index contributed by atoms with van der Waals surface area (Å²) >= 11 is 3.39. The van der Waals surface area contributed by atoms with Gasteiger partial charge in [0.15, 0.2) is 0 Å². The van der Waals surface area contributed by atoms with E-state index in [0.717, 1.165) is 10.0 Å². The summed E-state index contributed by atoms with van der Waals surface area (Å²) in [6.07, 6.45) is 3.12. The minimum atomic E-state index is -0.271. The lowest BCUT2D eigenvalue weighted by molar-refractivity contribution is -0.111. The molecule has 0 aliphatic heterocycles. The molecule has 2 aromatic rings. The molecule has 130 valence electrons. The van der Waals surface area contributed by atoms with Gasteiger partial charge in [-0.15, -0.1) is 0 Å². The molecule has 25 heavy (non-hydrogen) atoms. The number of methoxy groups -OCH3 is 1. The number of benzene rings is 2. The second-order valence-corrected chi connectivity index (χ2v) is 6.06. The van der Waals surface area contributed by atoms with Crippen LogP contribution in [0.3, 0.4) is 0 Å². The van der Waals surface area contributed by atoms with Gasteiger partial charge in [0, 0.05) is 33.9 Å². The minimum Gasteiger partial charge on any atom is -0.496 e. The summed E-state index contributed by atoms with van der Waals surface area (Å²) in [5, 5.41) is 5.48. The number of ether oxygens (including phenoxy) is 1. The maximum Gasteiger partial charge on any atom is 0.251 e. The van der Waals surface area contributed by atoms with E-state index in [4.69, 9.17) is 4.74 Å². The average Bonchev–Trinajstić information content (AvgIpc) is 2.61. The maximum absolute atomic E-state index is 12.1. The van der Waals surface area contributed by atoms with Crippen molar-refractivity contribution in [3.8, 4) is 5.75 Å². The molecule has 5 nitrogen and oxygen atoms in total. The molecule has 0 unspecified atom stereocenters. The highest BCUT2D eigenvalue weighted by atomic mass is 79.9. The Labute approximate surface area is 155 Å². The molecule has 0 heterocycles. The van der Waals surface area contributed by atoms with Crippen LogP contribution in [0.2, 0.25) is 0 Å². The summed E-state index contributed by atoms with van der Waals surface area (Å²) in [5.74, 6) is 0.272. The fourth-order valence-electron chi connectivity index (χ4n) is 2.15. The Morgan fingerprint density at radius 2 is 1.88 bits per heavy atom. The van der Waals surface area contributed by atoms with Crippen LogP contribution in [-0.2, 0) is 4.79 Å². The van der Waals surface area contributed by atoms with E-state index in [1.807, 2.05) is 25.1 Å². The van der Waals surface area contributed by atoms with Gasteiger partial charge in [-0.1, -0.05) is 15.9 Å². The van der Waals surface area contributed by atoms with E-state index in [9.17, 15) is 9.59 Å². The van der Waals surface area contributed by atoms with Crippen LogP contribution in [0.5, 0.6) is 5.75 Å². The monoisotopic (exact) mass is 402 g/mol. The van der Waals surface area contributed by atoms with E-state index < -0.39 is 0 Å². The topological polar surface area (TPSA) is 67.4 Å². The van der Waals surface area contributed by atoms with Crippen molar-refractivity contribution in [3.63, 3.8) is 0 Å². The van der Waals surface area contributed by atoms with Crippen LogP contribution in [0.25, 0.3) is 6.08 Å². The predicted octanol–water partition coefficient (Wildman–Crippen LogP) is 3.86. The van der Waals surface area contributed by atoms with Crippen LogP contribution < -0.4 is 15.4 Å². The van der Waals surface area contributed by atoms with E-state index >= 15 is 0 Å². The molecule has 2 rings (SSSR count). The highest BCUT2D eigenvalue weighted by Gasteiger charge is 2.05. The summed E-state index contributed by atoms with van der Waals surface area (Å²) in [4.78, 5) is 23.8. The molecule has 0 fully saturated rings. The summed E-state index contributed by atoms with van der Waals surface area (Å²) in [7, 11) is 1.58. The Hall–Kier alpha value is -2.60. The van der Waals surface area contributed by atoms with Crippen molar-refractivity contribution in [3.05, 3.63) is 64.1 Å². The molecule has 6 heteroatoms. The first kappa shape index (κ1) is 18.7. The number of amides is 2. The number of halogens is 1. The molecule has 0 atom stereocenters. The van der Waals surface area contributed by atoms with Crippen molar-refractivity contribution in [2.24, 2.45) is 0 Å². The van der Waals surface area contributed by atoms with Gasteiger partial charge in [-0.2, -0.15) is 0 Å². The second kappa shape index (κ2) is 9.03. The number of carbonyl (C=O) groups is 2. The molecule has 2 N–H and O–H groups in total. The lowest BCUT2D eigenvalue weighted by Crippen LogP contribution is -2.22. The number of rotatable bonds is 6. The van der Waals surface area contributed by atoms with Crippen molar-refractivity contribution in [1.29, 1.82) is 0 Å². The zero-order chi connectivity index (χ0) is 18.2. The molecule has 2 amide bonds. The van der Waals surface area contributed by atoms with E-state index in [2.05, 4.69) is 26.6 Å². The average molecular weight is 403 g/mol. The molecule has 0 aromatic heterocycles. The number of hydrogen-bond donors (Lipinski definition) is 2. The van der Waals surface area contributed by atoms with E-state index in [0.29, 0.717) is 23.5 Å². The molecule has 0 saturated heterocycles. The molecule has 0 aliphatic rings. The molecular formula is C19H19BrN2O3. The highest BCUT2D eigenvalue weighted by Crippen LogP contribution is 2.24. The molecule has 2 aromatic carbocycles. The fraction of sp³-hybridized carbons (Fsp3) is 0.158. The van der Waals surface area contributed by atoms with Gasteiger partial charge >= 0.3 is 0 Å². The van der Waals surface area contributed by atoms with Gasteiger partial charge in [-0.05, 0) is 55.5 Å². The quantitative estimate of drug-likeness (QED) is 0.720. The number of carbonyl (C=O) groups excluding carboxylic acids is 2. The Balaban J connectivity index is 2.03. The van der Waals surface area contributed by atoms with Crippen molar-refractivity contribution in [2.75, 3.05) is 19.0 Å². The van der Waals surface area contributed by atoms with E-state index in [-0.39, 0.29) is 11.8 Å². The van der Waals surface area contributed by atoms with Crippen molar-refractivity contribution in [2.45, 2.75) is 6.92 Å². The summed E-state index contributed by atoms with van der Waals surface area (Å²) in [5.41, 5.74) is 1.96. The van der Waals surface area contributed by atoms with Crippen LogP contribution >= 0.6 is 15.9 Å². The normalized spacial score (nSPS) is 10.5. The van der Waals surface area contributed by atoms with E-state index in [1.54, 1.807) is 37.5 Å². The van der Waals surface area contributed by atoms with Crippen LogP contribution in [0.1, 0.15) is 22.8 Å². The molecule has 0 aliphatic carbocycles. The minimum absolute atomic E-state index is 0.137. The number of hydrogen-bond acceptors (Lipinski definition) is 3. The smallest absolute Gasteiger partial charge is 0.251 e. The third kappa shape index (κ3) is 5.46. The largest absolute Gasteiger partial charge is 0.496 e. The van der Waals surface area contributed by atoms with Crippen LogP contribution in [0.4, 0.5) is 5.69 Å². The van der Waals surface area contributed by atoms with Gasteiger partial charge in [-0.25, -0.2) is 0 Å². The predicted molar refractivity (Wildman–Crippen MR) is 103 cm³/mol. The first-order valence-electron chi connectivity index (χ1n) is 7.74. The van der Waals surface area contributed by atoms with Gasteiger partial charge in [0.25, 0.3) is 5.91 Å². The summed E-state index contributed by atoms with van der Waals surface area (Å²) < 4.78 is 6.16. The fourth-order valence-corrected chi connectivity index (χ4v) is 2.53. The Morgan fingerprint density at radius 1 is 1.16 bits per heavy atom. The summed E-state index contributed by atoms with van der Waals surface area (Å²) in [6, 6.07) is 12.3. The molecular weight excluding hydrogens is 384 g/mol. The van der Waals surface area contributed by atoms with Gasteiger partial charge in [0.2, 0.25) is 5.91 Å². The Bertz CT molecular complexity index is 786. The number of anilines is 1.